The molecule has 0 saturated heterocycles. The van der Waals surface area contributed by atoms with E-state index in [2.05, 4.69) is 10.2 Å². The maximum atomic E-state index is 11.1. The third-order valence-electron chi connectivity index (χ3n) is 3.04. The minimum atomic E-state index is -0.917. The topological polar surface area (TPSA) is 71.2 Å². The van der Waals surface area contributed by atoms with E-state index in [1.165, 1.54) is 0 Å². The van der Waals surface area contributed by atoms with Crippen LogP contribution in [0.4, 0.5) is 0 Å². The Morgan fingerprint density at radius 1 is 1.50 bits per heavy atom. The van der Waals surface area contributed by atoms with Gasteiger partial charge in [-0.15, -0.1) is 10.2 Å². The predicted octanol–water partition coefficient (Wildman–Crippen LogP) is 0.419. The molecule has 90 valence electrons. The van der Waals surface area contributed by atoms with Crippen molar-refractivity contribution in [1.29, 1.82) is 0 Å². The Bertz CT molecular complexity index is 398. The van der Waals surface area contributed by atoms with Gasteiger partial charge in [-0.25, -0.2) is 0 Å². The van der Waals surface area contributed by atoms with Gasteiger partial charge >= 0.3 is 5.97 Å². The Morgan fingerprint density at radius 3 is 2.44 bits per heavy atom. The van der Waals surface area contributed by atoms with E-state index in [1.54, 1.807) is 25.8 Å². The lowest BCUT2D eigenvalue weighted by Crippen LogP contribution is -2.47. The molecule has 0 spiro atoms. The number of hydrogen-bond acceptors (Lipinski definition) is 4. The van der Waals surface area contributed by atoms with E-state index >= 15 is 0 Å². The van der Waals surface area contributed by atoms with Crippen LogP contribution in [0.15, 0.2) is 0 Å². The minimum absolute atomic E-state index is 0.455. The summed E-state index contributed by atoms with van der Waals surface area (Å²) in [7, 11) is 3.63. The molecule has 0 fully saturated rings. The molecular weight excluding hydrogens is 208 g/mol. The first kappa shape index (κ1) is 12.6. The fourth-order valence-electron chi connectivity index (χ4n) is 1.16. The van der Waals surface area contributed by atoms with Gasteiger partial charge in [0.25, 0.3) is 0 Å². The van der Waals surface area contributed by atoms with E-state index in [-0.39, 0.29) is 0 Å². The molecule has 0 aromatic carbocycles. The van der Waals surface area contributed by atoms with Crippen molar-refractivity contribution in [3.05, 3.63) is 11.6 Å². The van der Waals surface area contributed by atoms with E-state index in [0.717, 1.165) is 11.6 Å². The molecule has 1 aromatic heterocycles. The summed E-state index contributed by atoms with van der Waals surface area (Å²) < 4.78 is 1.86. The first-order chi connectivity index (χ1) is 7.26. The highest BCUT2D eigenvalue weighted by molar-refractivity contribution is 5.77. The Morgan fingerprint density at radius 2 is 2.06 bits per heavy atom. The number of aryl methyl sites for hydroxylation is 1. The molecule has 0 aliphatic carbocycles. The Labute approximate surface area is 94.9 Å². The zero-order valence-electron chi connectivity index (χ0n) is 10.4. The molecule has 16 heavy (non-hydrogen) atoms. The van der Waals surface area contributed by atoms with Gasteiger partial charge in [0.1, 0.15) is 17.2 Å². The van der Waals surface area contributed by atoms with Crippen molar-refractivity contribution in [3.8, 4) is 0 Å². The van der Waals surface area contributed by atoms with Crippen LogP contribution in [-0.4, -0.2) is 43.3 Å². The van der Waals surface area contributed by atoms with Gasteiger partial charge in [0.2, 0.25) is 0 Å². The van der Waals surface area contributed by atoms with Crippen LogP contribution < -0.4 is 0 Å². The summed E-state index contributed by atoms with van der Waals surface area (Å²) in [6.07, 6.45) is 0. The second kappa shape index (κ2) is 4.21. The third-order valence-corrected chi connectivity index (χ3v) is 3.04. The summed E-state index contributed by atoms with van der Waals surface area (Å²) in [4.78, 5) is 12.8. The normalized spacial score (nSPS) is 12.1. The Balaban J connectivity index is 2.83. The molecule has 0 atom stereocenters. The summed E-state index contributed by atoms with van der Waals surface area (Å²) in [5.74, 6) is 0.722. The van der Waals surface area contributed by atoms with Gasteiger partial charge in [-0.3, -0.25) is 9.69 Å². The summed E-state index contributed by atoms with van der Waals surface area (Å²) in [5, 5.41) is 17.0. The van der Waals surface area contributed by atoms with Gasteiger partial charge in [0.15, 0.2) is 0 Å². The van der Waals surface area contributed by atoms with Crippen LogP contribution in [-0.2, 0) is 18.4 Å². The van der Waals surface area contributed by atoms with Gasteiger partial charge in [-0.1, -0.05) is 0 Å². The minimum Gasteiger partial charge on any atom is -0.480 e. The van der Waals surface area contributed by atoms with E-state index in [1.807, 2.05) is 18.5 Å². The van der Waals surface area contributed by atoms with Crippen molar-refractivity contribution >= 4 is 5.97 Å². The molecular formula is C10H18N4O2. The van der Waals surface area contributed by atoms with Crippen LogP contribution in [0.2, 0.25) is 0 Å². The number of carboxylic acids is 1. The summed E-state index contributed by atoms with van der Waals surface area (Å²) >= 11 is 0. The van der Waals surface area contributed by atoms with Gasteiger partial charge in [0.05, 0.1) is 6.54 Å². The fourth-order valence-corrected chi connectivity index (χ4v) is 1.16. The van der Waals surface area contributed by atoms with Gasteiger partial charge < -0.3 is 9.67 Å². The Kier molecular flexibility index (Phi) is 3.32. The second-order valence-corrected chi connectivity index (χ2v) is 4.44. The number of likely N-dealkylation sites (N-methyl/N-ethyl adjacent to an activating group) is 1. The van der Waals surface area contributed by atoms with E-state index in [9.17, 15) is 4.79 Å². The zero-order chi connectivity index (χ0) is 12.5. The van der Waals surface area contributed by atoms with Gasteiger partial charge in [0, 0.05) is 7.05 Å². The summed E-state index contributed by atoms with van der Waals surface area (Å²) in [6.45, 7) is 5.65. The zero-order valence-corrected chi connectivity index (χ0v) is 10.4. The standard InChI is InChI=1S/C10H18N4O2/c1-7-11-12-8(14(7)5)6-13(4)10(2,3)9(15)16/h6H2,1-5H3,(H,15,16). The van der Waals surface area contributed by atoms with Crippen molar-refractivity contribution in [2.24, 2.45) is 7.05 Å². The summed E-state index contributed by atoms with van der Waals surface area (Å²) in [5.41, 5.74) is -0.917. The Hall–Kier alpha value is -1.43. The molecule has 6 nitrogen and oxygen atoms in total. The maximum absolute atomic E-state index is 11.1. The molecule has 0 aliphatic heterocycles. The molecule has 1 N–H and O–H groups in total. The molecule has 0 saturated carbocycles. The number of carbonyl (C=O) groups is 1. The lowest BCUT2D eigenvalue weighted by molar-refractivity contribution is -0.148. The highest BCUT2D eigenvalue weighted by Gasteiger charge is 2.32. The predicted molar refractivity (Wildman–Crippen MR) is 58.9 cm³/mol. The number of aromatic nitrogens is 3. The van der Waals surface area contributed by atoms with Crippen molar-refractivity contribution in [3.63, 3.8) is 0 Å². The number of hydrogen-bond donors (Lipinski definition) is 1. The third kappa shape index (κ3) is 2.21. The summed E-state index contributed by atoms with van der Waals surface area (Å²) in [6, 6.07) is 0. The highest BCUT2D eigenvalue weighted by Crippen LogP contribution is 2.15. The largest absolute Gasteiger partial charge is 0.480 e. The molecule has 0 radical (unpaired) electrons. The second-order valence-electron chi connectivity index (χ2n) is 4.44. The van der Waals surface area contributed by atoms with E-state index in [4.69, 9.17) is 5.11 Å². The van der Waals surface area contributed by atoms with Crippen molar-refractivity contribution in [1.82, 2.24) is 19.7 Å². The van der Waals surface area contributed by atoms with Gasteiger partial charge in [-0.2, -0.15) is 0 Å². The fraction of sp³-hybridized carbons (Fsp3) is 0.700. The SMILES string of the molecule is Cc1nnc(CN(C)C(C)(C)C(=O)O)n1C. The molecule has 1 aromatic rings. The van der Waals surface area contributed by atoms with E-state index in [0.29, 0.717) is 6.54 Å². The van der Waals surface area contributed by atoms with Crippen molar-refractivity contribution in [2.75, 3.05) is 7.05 Å². The average Bonchev–Trinajstić information content (AvgIpc) is 2.49. The van der Waals surface area contributed by atoms with Crippen LogP contribution in [0.3, 0.4) is 0 Å². The van der Waals surface area contributed by atoms with Crippen molar-refractivity contribution in [2.45, 2.75) is 32.9 Å². The number of rotatable bonds is 4. The van der Waals surface area contributed by atoms with E-state index < -0.39 is 11.5 Å². The lowest BCUT2D eigenvalue weighted by Gasteiger charge is -2.30. The van der Waals surface area contributed by atoms with Crippen LogP contribution >= 0.6 is 0 Å². The molecule has 1 heterocycles. The first-order valence-corrected chi connectivity index (χ1v) is 5.06. The number of aliphatic carboxylic acids is 1. The monoisotopic (exact) mass is 226 g/mol. The van der Waals surface area contributed by atoms with Crippen LogP contribution in [0.5, 0.6) is 0 Å². The van der Waals surface area contributed by atoms with Gasteiger partial charge in [-0.05, 0) is 27.8 Å². The number of nitrogens with zero attached hydrogens (tertiary/aromatic N) is 4. The molecule has 0 aliphatic rings. The van der Waals surface area contributed by atoms with Crippen molar-refractivity contribution < 1.29 is 9.90 Å². The lowest BCUT2D eigenvalue weighted by atomic mass is 10.0. The first-order valence-electron chi connectivity index (χ1n) is 5.06. The maximum Gasteiger partial charge on any atom is 0.323 e. The molecule has 6 heteroatoms. The molecule has 0 unspecified atom stereocenters. The van der Waals surface area contributed by atoms with Crippen LogP contribution in [0.1, 0.15) is 25.5 Å². The average molecular weight is 226 g/mol. The van der Waals surface area contributed by atoms with Crippen LogP contribution in [0, 0.1) is 6.92 Å². The smallest absolute Gasteiger partial charge is 0.323 e. The number of carboxylic acid groups (broad SMARTS) is 1. The molecule has 1 rings (SSSR count). The molecule has 0 amide bonds. The molecule has 0 bridgehead atoms. The van der Waals surface area contributed by atoms with Crippen LogP contribution in [0.25, 0.3) is 0 Å². The highest BCUT2D eigenvalue weighted by atomic mass is 16.4. The quantitative estimate of drug-likeness (QED) is 0.805.